The molecule has 0 aliphatic carbocycles. The van der Waals surface area contributed by atoms with Crippen LogP contribution in [-0.2, 0) is 6.54 Å². The summed E-state index contributed by atoms with van der Waals surface area (Å²) < 4.78 is 0. The molecule has 1 aliphatic rings. The molecule has 1 fully saturated rings. The van der Waals surface area contributed by atoms with Crippen molar-refractivity contribution in [2.24, 2.45) is 0 Å². The first-order chi connectivity index (χ1) is 7.45. The Bertz CT molecular complexity index is 271. The first kappa shape index (κ1) is 11.3. The van der Waals surface area contributed by atoms with Crippen molar-refractivity contribution in [3.8, 4) is 0 Å². The molecule has 1 aromatic rings. The van der Waals surface area contributed by atoms with E-state index in [1.165, 1.54) is 23.5 Å². The van der Waals surface area contributed by atoms with E-state index in [0.717, 1.165) is 18.3 Å². The minimum Gasteiger partial charge on any atom is -0.281 e. The quantitative estimate of drug-likeness (QED) is 0.789. The number of nitrogens with zero attached hydrogens (tertiary/aromatic N) is 2. The molecular formula is C11H16N2S2. The fourth-order valence-electron chi connectivity index (χ4n) is 1.53. The molecule has 0 saturated carbocycles. The Morgan fingerprint density at radius 1 is 1.13 bits per heavy atom. The van der Waals surface area contributed by atoms with E-state index in [1.807, 2.05) is 12.4 Å². The van der Waals surface area contributed by atoms with E-state index in [-0.39, 0.29) is 0 Å². The Balaban J connectivity index is 1.86. The van der Waals surface area contributed by atoms with Crippen molar-refractivity contribution in [2.45, 2.75) is 13.0 Å². The molecule has 1 aliphatic heterocycles. The van der Waals surface area contributed by atoms with Crippen molar-refractivity contribution in [3.05, 3.63) is 30.1 Å². The fraction of sp³-hybridized carbons (Fsp3) is 0.545. The monoisotopic (exact) mass is 240 g/mol. The number of pyridine rings is 1. The average molecular weight is 240 g/mol. The Morgan fingerprint density at radius 2 is 1.80 bits per heavy atom. The summed E-state index contributed by atoms with van der Waals surface area (Å²) in [5.74, 6) is 4.93. The van der Waals surface area contributed by atoms with Gasteiger partial charge in [0.05, 0.1) is 0 Å². The lowest BCUT2D eigenvalue weighted by Gasteiger charge is -2.23. The zero-order valence-corrected chi connectivity index (χ0v) is 10.4. The second-order valence-corrected chi connectivity index (χ2v) is 5.76. The minimum atomic E-state index is 1.06. The number of hydrogen-bond donors (Lipinski definition) is 0. The van der Waals surface area contributed by atoms with Crippen molar-refractivity contribution in [1.82, 2.24) is 9.88 Å². The van der Waals surface area contributed by atoms with E-state index in [4.69, 9.17) is 0 Å². The van der Waals surface area contributed by atoms with Crippen molar-refractivity contribution in [1.29, 1.82) is 0 Å². The van der Waals surface area contributed by atoms with Crippen molar-refractivity contribution in [2.75, 3.05) is 23.3 Å². The molecule has 0 spiro atoms. The van der Waals surface area contributed by atoms with E-state index in [2.05, 4.69) is 45.5 Å². The standard InChI is InChI=1S/C11H16N2S2/c1-6-14-9-13(10-15-7-1)8-11-2-4-12-5-3-11/h2-5H,1,6-10H2. The zero-order valence-electron chi connectivity index (χ0n) is 8.76. The van der Waals surface area contributed by atoms with Crippen LogP contribution in [0, 0.1) is 0 Å². The lowest BCUT2D eigenvalue weighted by atomic mass is 10.3. The molecule has 15 heavy (non-hydrogen) atoms. The number of aromatic nitrogens is 1. The van der Waals surface area contributed by atoms with Crippen LogP contribution in [0.15, 0.2) is 24.5 Å². The highest BCUT2D eigenvalue weighted by Crippen LogP contribution is 2.18. The van der Waals surface area contributed by atoms with E-state index in [1.54, 1.807) is 0 Å². The summed E-state index contributed by atoms with van der Waals surface area (Å²) in [7, 11) is 0. The van der Waals surface area contributed by atoms with E-state index in [0.29, 0.717) is 0 Å². The van der Waals surface area contributed by atoms with Gasteiger partial charge in [-0.25, -0.2) is 0 Å². The maximum atomic E-state index is 4.04. The maximum Gasteiger partial charge on any atom is 0.0456 e. The fourth-order valence-corrected chi connectivity index (χ4v) is 3.66. The third kappa shape index (κ3) is 4.05. The third-order valence-electron chi connectivity index (χ3n) is 2.28. The van der Waals surface area contributed by atoms with Crippen molar-refractivity contribution in [3.63, 3.8) is 0 Å². The average Bonchev–Trinajstić information content (AvgIpc) is 2.23. The maximum absolute atomic E-state index is 4.04. The summed E-state index contributed by atoms with van der Waals surface area (Å²) in [5, 5.41) is 0. The zero-order chi connectivity index (χ0) is 10.3. The molecule has 82 valence electrons. The van der Waals surface area contributed by atoms with E-state index >= 15 is 0 Å². The second kappa shape index (κ2) is 6.40. The topological polar surface area (TPSA) is 16.1 Å². The van der Waals surface area contributed by atoms with Gasteiger partial charge in [0.15, 0.2) is 0 Å². The molecule has 4 heteroatoms. The van der Waals surface area contributed by atoms with Crippen LogP contribution in [0.25, 0.3) is 0 Å². The van der Waals surface area contributed by atoms with Gasteiger partial charge in [0.25, 0.3) is 0 Å². The van der Waals surface area contributed by atoms with Crippen LogP contribution in [0.1, 0.15) is 12.0 Å². The van der Waals surface area contributed by atoms with Crippen molar-refractivity contribution >= 4 is 23.5 Å². The Morgan fingerprint density at radius 3 is 2.47 bits per heavy atom. The summed E-state index contributed by atoms with van der Waals surface area (Å²) in [6, 6.07) is 4.21. The van der Waals surface area contributed by atoms with E-state index < -0.39 is 0 Å². The SMILES string of the molecule is c1cc(CN2CSCCCSC2)ccn1. The van der Waals surface area contributed by atoms with Crippen LogP contribution in [0.4, 0.5) is 0 Å². The van der Waals surface area contributed by atoms with Crippen LogP contribution >= 0.6 is 23.5 Å². The summed E-state index contributed by atoms with van der Waals surface area (Å²) in [5.41, 5.74) is 1.37. The summed E-state index contributed by atoms with van der Waals surface area (Å²) in [6.45, 7) is 1.06. The molecule has 0 atom stereocenters. The van der Waals surface area contributed by atoms with Crippen LogP contribution in [0.3, 0.4) is 0 Å². The smallest absolute Gasteiger partial charge is 0.0456 e. The molecule has 0 bridgehead atoms. The number of thioether (sulfide) groups is 2. The van der Waals surface area contributed by atoms with Gasteiger partial charge in [-0.15, -0.1) is 23.5 Å². The lowest BCUT2D eigenvalue weighted by Crippen LogP contribution is -2.24. The van der Waals surface area contributed by atoms with Gasteiger partial charge >= 0.3 is 0 Å². The van der Waals surface area contributed by atoms with Gasteiger partial charge in [-0.05, 0) is 35.6 Å². The van der Waals surface area contributed by atoms with Gasteiger partial charge < -0.3 is 0 Å². The van der Waals surface area contributed by atoms with Gasteiger partial charge in [-0.2, -0.15) is 0 Å². The molecule has 0 amide bonds. The van der Waals surface area contributed by atoms with Gasteiger partial charge in [0.2, 0.25) is 0 Å². The lowest BCUT2D eigenvalue weighted by molar-refractivity contribution is 0.369. The Hall–Kier alpha value is -0.190. The molecule has 2 heterocycles. The van der Waals surface area contributed by atoms with Gasteiger partial charge in [-0.3, -0.25) is 9.88 Å². The molecule has 0 unspecified atom stereocenters. The van der Waals surface area contributed by atoms with Crippen LogP contribution in [0.2, 0.25) is 0 Å². The first-order valence-corrected chi connectivity index (χ1v) is 7.53. The summed E-state index contributed by atoms with van der Waals surface area (Å²) in [6.07, 6.45) is 5.11. The molecule has 0 N–H and O–H groups in total. The van der Waals surface area contributed by atoms with Gasteiger partial charge in [0.1, 0.15) is 0 Å². The highest BCUT2D eigenvalue weighted by Gasteiger charge is 2.08. The van der Waals surface area contributed by atoms with Crippen LogP contribution in [-0.4, -0.2) is 33.1 Å². The van der Waals surface area contributed by atoms with Crippen LogP contribution < -0.4 is 0 Å². The molecule has 2 rings (SSSR count). The van der Waals surface area contributed by atoms with Crippen molar-refractivity contribution < 1.29 is 0 Å². The highest BCUT2D eigenvalue weighted by atomic mass is 32.2. The molecule has 1 aromatic heterocycles. The second-order valence-electron chi connectivity index (χ2n) is 3.61. The van der Waals surface area contributed by atoms with Crippen LogP contribution in [0.5, 0.6) is 0 Å². The molecule has 0 aromatic carbocycles. The third-order valence-corrected chi connectivity index (χ3v) is 4.53. The van der Waals surface area contributed by atoms with E-state index in [9.17, 15) is 0 Å². The highest BCUT2D eigenvalue weighted by molar-refractivity contribution is 8.00. The normalized spacial score (nSPS) is 19.5. The minimum absolute atomic E-state index is 1.06. The number of rotatable bonds is 2. The molecule has 0 radical (unpaired) electrons. The predicted molar refractivity (Wildman–Crippen MR) is 69.0 cm³/mol. The Labute approximate surface area is 99.8 Å². The summed E-state index contributed by atoms with van der Waals surface area (Å²) in [4.78, 5) is 6.55. The molecule has 1 saturated heterocycles. The number of hydrogen-bond acceptors (Lipinski definition) is 4. The van der Waals surface area contributed by atoms with Gasteiger partial charge in [0, 0.05) is 30.7 Å². The Kier molecular flexibility index (Phi) is 4.83. The summed E-state index contributed by atoms with van der Waals surface area (Å²) >= 11 is 4.11. The molecular weight excluding hydrogens is 224 g/mol. The largest absolute Gasteiger partial charge is 0.281 e. The molecule has 2 nitrogen and oxygen atoms in total. The first-order valence-electron chi connectivity index (χ1n) is 5.22. The predicted octanol–water partition coefficient (Wildman–Crippen LogP) is 2.67. The van der Waals surface area contributed by atoms with Gasteiger partial charge in [-0.1, -0.05) is 0 Å².